The molecular formula is C22H22N2O3. The van der Waals surface area contributed by atoms with E-state index in [4.69, 9.17) is 15.1 Å². The first-order valence-corrected chi connectivity index (χ1v) is 9.19. The fourth-order valence-corrected chi connectivity index (χ4v) is 3.04. The van der Waals surface area contributed by atoms with Crippen LogP contribution in [0.25, 0.3) is 22.3 Å². The summed E-state index contributed by atoms with van der Waals surface area (Å²) in [6.45, 7) is 1.84. The van der Waals surface area contributed by atoms with Gasteiger partial charge in [0, 0.05) is 24.0 Å². The first-order valence-electron chi connectivity index (χ1n) is 9.19. The molecule has 138 valence electrons. The van der Waals surface area contributed by atoms with Crippen molar-refractivity contribution in [2.75, 3.05) is 0 Å². The standard InChI is InChI=1S/C22H22N2O3/c1-2-20(25)16-12-13-17-19(14-16)23-18(10-6-7-11-21(26)27)22(24-17)15-8-4-3-5-9-15/h3-5,8-9,12-14H,2,6-7,10-11H2,1H3,(H,26,27). The highest BCUT2D eigenvalue weighted by Gasteiger charge is 2.13. The minimum atomic E-state index is -0.786. The Balaban J connectivity index is 2.01. The van der Waals surface area contributed by atoms with Gasteiger partial charge >= 0.3 is 5.97 Å². The Morgan fingerprint density at radius 1 is 0.963 bits per heavy atom. The predicted octanol–water partition coefficient (Wildman–Crippen LogP) is 4.69. The van der Waals surface area contributed by atoms with Crippen molar-refractivity contribution in [2.45, 2.75) is 39.0 Å². The molecule has 1 N–H and O–H groups in total. The number of carbonyl (C=O) groups excluding carboxylic acids is 1. The molecule has 5 nitrogen and oxygen atoms in total. The summed E-state index contributed by atoms with van der Waals surface area (Å²) in [6.07, 6.45) is 2.56. The number of aliphatic carboxylic acids is 1. The number of carbonyl (C=O) groups is 2. The summed E-state index contributed by atoms with van der Waals surface area (Å²) >= 11 is 0. The van der Waals surface area contributed by atoms with Gasteiger partial charge in [-0.25, -0.2) is 9.97 Å². The number of rotatable bonds is 8. The number of benzene rings is 2. The topological polar surface area (TPSA) is 80.2 Å². The largest absolute Gasteiger partial charge is 0.481 e. The Morgan fingerprint density at radius 2 is 1.74 bits per heavy atom. The van der Waals surface area contributed by atoms with Crippen LogP contribution in [-0.4, -0.2) is 26.8 Å². The van der Waals surface area contributed by atoms with Crippen LogP contribution in [0.1, 0.15) is 48.7 Å². The average molecular weight is 362 g/mol. The van der Waals surface area contributed by atoms with Gasteiger partial charge in [0.1, 0.15) is 0 Å². The molecule has 0 radical (unpaired) electrons. The second kappa shape index (κ2) is 8.54. The van der Waals surface area contributed by atoms with Crippen LogP contribution in [-0.2, 0) is 11.2 Å². The number of hydrogen-bond acceptors (Lipinski definition) is 4. The van der Waals surface area contributed by atoms with E-state index in [0.29, 0.717) is 30.3 Å². The Labute approximate surface area is 158 Å². The number of ketones is 1. The fraction of sp³-hybridized carbons (Fsp3) is 0.273. The van der Waals surface area contributed by atoms with Crippen LogP contribution in [0.15, 0.2) is 48.5 Å². The molecule has 0 spiro atoms. The van der Waals surface area contributed by atoms with E-state index in [0.717, 1.165) is 28.9 Å². The molecule has 27 heavy (non-hydrogen) atoms. The van der Waals surface area contributed by atoms with Crippen LogP contribution < -0.4 is 0 Å². The second-order valence-corrected chi connectivity index (χ2v) is 6.47. The van der Waals surface area contributed by atoms with Gasteiger partial charge in [0.15, 0.2) is 5.78 Å². The number of aromatic nitrogens is 2. The van der Waals surface area contributed by atoms with Gasteiger partial charge in [0.05, 0.1) is 22.4 Å². The zero-order valence-corrected chi connectivity index (χ0v) is 15.3. The highest BCUT2D eigenvalue weighted by atomic mass is 16.4. The molecule has 1 aromatic heterocycles. The van der Waals surface area contributed by atoms with E-state index in [2.05, 4.69) is 0 Å². The Bertz CT molecular complexity index is 968. The molecule has 3 aromatic rings. The first kappa shape index (κ1) is 18.7. The Hall–Kier alpha value is -3.08. The molecular weight excluding hydrogens is 340 g/mol. The lowest BCUT2D eigenvalue weighted by Crippen LogP contribution is -2.02. The molecule has 0 aliphatic carbocycles. The summed E-state index contributed by atoms with van der Waals surface area (Å²) in [7, 11) is 0. The van der Waals surface area contributed by atoms with Gasteiger partial charge in [-0.1, -0.05) is 37.3 Å². The van der Waals surface area contributed by atoms with Crippen molar-refractivity contribution in [3.63, 3.8) is 0 Å². The maximum atomic E-state index is 12.0. The summed E-state index contributed by atoms with van der Waals surface area (Å²) < 4.78 is 0. The minimum absolute atomic E-state index is 0.0776. The van der Waals surface area contributed by atoms with Crippen molar-refractivity contribution in [1.29, 1.82) is 0 Å². The minimum Gasteiger partial charge on any atom is -0.481 e. The smallest absolute Gasteiger partial charge is 0.303 e. The SMILES string of the molecule is CCC(=O)c1ccc2nc(-c3ccccc3)c(CCCCC(=O)O)nc2c1. The summed E-state index contributed by atoms with van der Waals surface area (Å²) in [5, 5.41) is 8.83. The molecule has 3 rings (SSSR count). The molecule has 0 unspecified atom stereocenters. The van der Waals surface area contributed by atoms with E-state index >= 15 is 0 Å². The number of nitrogens with zero attached hydrogens (tertiary/aromatic N) is 2. The van der Waals surface area contributed by atoms with E-state index in [9.17, 15) is 9.59 Å². The lowest BCUT2D eigenvalue weighted by Gasteiger charge is -2.11. The molecule has 1 heterocycles. The molecule has 0 atom stereocenters. The van der Waals surface area contributed by atoms with Gasteiger partial charge in [-0.05, 0) is 37.5 Å². The molecule has 0 amide bonds. The van der Waals surface area contributed by atoms with Gasteiger partial charge in [0.2, 0.25) is 0 Å². The van der Waals surface area contributed by atoms with Gasteiger partial charge in [-0.3, -0.25) is 9.59 Å². The van der Waals surface area contributed by atoms with E-state index in [1.807, 2.05) is 43.3 Å². The quantitative estimate of drug-likeness (QED) is 0.464. The van der Waals surface area contributed by atoms with Gasteiger partial charge in [-0.2, -0.15) is 0 Å². The van der Waals surface area contributed by atoms with Crippen LogP contribution in [0.2, 0.25) is 0 Å². The molecule has 0 saturated carbocycles. The summed E-state index contributed by atoms with van der Waals surface area (Å²) in [4.78, 5) is 32.3. The van der Waals surface area contributed by atoms with Crippen LogP contribution >= 0.6 is 0 Å². The van der Waals surface area contributed by atoms with E-state index in [-0.39, 0.29) is 12.2 Å². The van der Waals surface area contributed by atoms with Crippen molar-refractivity contribution in [3.05, 3.63) is 59.8 Å². The van der Waals surface area contributed by atoms with Crippen molar-refractivity contribution in [2.24, 2.45) is 0 Å². The third-order valence-electron chi connectivity index (χ3n) is 4.48. The normalized spacial score (nSPS) is 10.9. The van der Waals surface area contributed by atoms with Crippen LogP contribution in [0.3, 0.4) is 0 Å². The summed E-state index contributed by atoms with van der Waals surface area (Å²) in [6, 6.07) is 15.3. The summed E-state index contributed by atoms with van der Waals surface area (Å²) in [5.74, 6) is -0.709. The molecule has 0 aliphatic heterocycles. The van der Waals surface area contributed by atoms with E-state index in [1.165, 1.54) is 0 Å². The van der Waals surface area contributed by atoms with Crippen molar-refractivity contribution < 1.29 is 14.7 Å². The molecule has 0 saturated heterocycles. The average Bonchev–Trinajstić information content (AvgIpc) is 2.70. The molecule has 2 aromatic carbocycles. The lowest BCUT2D eigenvalue weighted by atomic mass is 10.0. The van der Waals surface area contributed by atoms with Gasteiger partial charge in [-0.15, -0.1) is 0 Å². The lowest BCUT2D eigenvalue weighted by molar-refractivity contribution is -0.137. The molecule has 0 aliphatic rings. The van der Waals surface area contributed by atoms with E-state index < -0.39 is 5.97 Å². The third kappa shape index (κ3) is 4.56. The van der Waals surface area contributed by atoms with Crippen LogP contribution in [0.5, 0.6) is 0 Å². The number of hydrogen-bond donors (Lipinski definition) is 1. The Morgan fingerprint density at radius 3 is 2.44 bits per heavy atom. The highest BCUT2D eigenvalue weighted by Crippen LogP contribution is 2.25. The van der Waals surface area contributed by atoms with Crippen LogP contribution in [0.4, 0.5) is 0 Å². The van der Waals surface area contributed by atoms with E-state index in [1.54, 1.807) is 12.1 Å². The number of fused-ring (bicyclic) bond motifs is 1. The number of carboxylic acids is 1. The number of unbranched alkanes of at least 4 members (excludes halogenated alkanes) is 1. The zero-order valence-electron chi connectivity index (χ0n) is 15.3. The van der Waals surface area contributed by atoms with Gasteiger partial charge in [0.25, 0.3) is 0 Å². The monoisotopic (exact) mass is 362 g/mol. The number of aryl methyl sites for hydroxylation is 1. The van der Waals surface area contributed by atoms with Crippen LogP contribution in [0, 0.1) is 0 Å². The molecule has 5 heteroatoms. The Kier molecular flexibility index (Phi) is 5.91. The highest BCUT2D eigenvalue weighted by molar-refractivity contribution is 5.98. The third-order valence-corrected chi connectivity index (χ3v) is 4.48. The van der Waals surface area contributed by atoms with Crippen molar-refractivity contribution in [3.8, 4) is 11.3 Å². The second-order valence-electron chi connectivity index (χ2n) is 6.47. The number of carboxylic acid groups (broad SMARTS) is 1. The van der Waals surface area contributed by atoms with Crippen molar-refractivity contribution in [1.82, 2.24) is 9.97 Å². The summed E-state index contributed by atoms with van der Waals surface area (Å²) in [5.41, 5.74) is 4.71. The predicted molar refractivity (Wildman–Crippen MR) is 105 cm³/mol. The maximum Gasteiger partial charge on any atom is 0.303 e. The fourth-order valence-electron chi connectivity index (χ4n) is 3.04. The molecule has 0 bridgehead atoms. The zero-order chi connectivity index (χ0) is 19.2. The maximum absolute atomic E-state index is 12.0. The first-order chi connectivity index (χ1) is 13.1. The van der Waals surface area contributed by atoms with Crippen molar-refractivity contribution >= 4 is 22.8 Å². The molecule has 0 fully saturated rings. The van der Waals surface area contributed by atoms with Gasteiger partial charge < -0.3 is 5.11 Å². The number of Topliss-reactive ketones (excluding diaryl/α,β-unsaturated/α-hetero) is 1.